The molecule has 84 valence electrons. The van der Waals surface area contributed by atoms with Crippen LogP contribution in [0.5, 0.6) is 5.75 Å². The molecule has 0 aliphatic heterocycles. The number of phenolic OH excluding ortho intramolecular Hbond substituents is 1. The molecule has 1 unspecified atom stereocenters. The summed E-state index contributed by atoms with van der Waals surface area (Å²) >= 11 is 0. The number of rotatable bonds is 5. The molecule has 1 aromatic rings. The summed E-state index contributed by atoms with van der Waals surface area (Å²) in [5.41, 5.74) is 6.44. The Balaban J connectivity index is 2.67. The molecule has 1 atom stereocenters. The summed E-state index contributed by atoms with van der Waals surface area (Å²) in [4.78, 5) is 2.20. The molecule has 0 fully saturated rings. The Labute approximate surface area is 91.5 Å². The molecular weight excluding hydrogens is 188 g/mol. The SMILES string of the molecule is CC(c1ccccc1O)N(C)CCCN. The van der Waals surface area contributed by atoms with Gasteiger partial charge in [-0.1, -0.05) is 18.2 Å². The van der Waals surface area contributed by atoms with Crippen molar-refractivity contribution in [2.24, 2.45) is 5.73 Å². The number of para-hydroxylation sites is 1. The molecule has 1 aromatic carbocycles. The molecule has 0 aromatic heterocycles. The Morgan fingerprint density at radius 2 is 2.07 bits per heavy atom. The first-order valence-corrected chi connectivity index (χ1v) is 5.35. The van der Waals surface area contributed by atoms with Crippen LogP contribution < -0.4 is 5.73 Å². The Morgan fingerprint density at radius 3 is 2.67 bits per heavy atom. The summed E-state index contributed by atoms with van der Waals surface area (Å²) in [6.45, 7) is 3.75. The monoisotopic (exact) mass is 208 g/mol. The zero-order chi connectivity index (χ0) is 11.3. The van der Waals surface area contributed by atoms with Gasteiger partial charge in [0.1, 0.15) is 5.75 Å². The van der Waals surface area contributed by atoms with Crippen LogP contribution in [0.25, 0.3) is 0 Å². The summed E-state index contributed by atoms with van der Waals surface area (Å²) in [5.74, 6) is 0.365. The van der Waals surface area contributed by atoms with Gasteiger partial charge in [-0.2, -0.15) is 0 Å². The largest absolute Gasteiger partial charge is 0.508 e. The van der Waals surface area contributed by atoms with Crippen molar-refractivity contribution in [2.45, 2.75) is 19.4 Å². The standard InChI is InChI=1S/C12H20N2O/c1-10(14(2)9-5-8-13)11-6-3-4-7-12(11)15/h3-4,6-7,10,15H,5,8-9,13H2,1-2H3. The number of aromatic hydroxyl groups is 1. The molecule has 3 N–H and O–H groups in total. The first-order valence-electron chi connectivity index (χ1n) is 5.35. The van der Waals surface area contributed by atoms with E-state index < -0.39 is 0 Å². The topological polar surface area (TPSA) is 49.5 Å². The molecule has 0 aliphatic carbocycles. The normalized spacial score (nSPS) is 13.1. The lowest BCUT2D eigenvalue weighted by molar-refractivity contribution is 0.255. The van der Waals surface area contributed by atoms with Crippen LogP contribution in [0.2, 0.25) is 0 Å². The molecule has 0 saturated carbocycles. The van der Waals surface area contributed by atoms with Gasteiger partial charge in [0.15, 0.2) is 0 Å². The second kappa shape index (κ2) is 5.73. The van der Waals surface area contributed by atoms with Gasteiger partial charge >= 0.3 is 0 Å². The zero-order valence-corrected chi connectivity index (χ0v) is 9.48. The lowest BCUT2D eigenvalue weighted by Crippen LogP contribution is -2.25. The lowest BCUT2D eigenvalue weighted by Gasteiger charge is -2.25. The van der Waals surface area contributed by atoms with Gasteiger partial charge in [0, 0.05) is 11.6 Å². The highest BCUT2D eigenvalue weighted by molar-refractivity contribution is 5.34. The van der Waals surface area contributed by atoms with E-state index in [1.54, 1.807) is 6.07 Å². The second-order valence-corrected chi connectivity index (χ2v) is 3.86. The quantitative estimate of drug-likeness (QED) is 0.775. The second-order valence-electron chi connectivity index (χ2n) is 3.86. The van der Waals surface area contributed by atoms with E-state index >= 15 is 0 Å². The van der Waals surface area contributed by atoms with Crippen LogP contribution in [0.4, 0.5) is 0 Å². The van der Waals surface area contributed by atoms with E-state index in [0.717, 1.165) is 18.5 Å². The lowest BCUT2D eigenvalue weighted by atomic mass is 10.1. The third-order valence-corrected chi connectivity index (χ3v) is 2.76. The highest BCUT2D eigenvalue weighted by atomic mass is 16.3. The van der Waals surface area contributed by atoms with E-state index in [1.807, 2.05) is 25.2 Å². The number of phenols is 1. The van der Waals surface area contributed by atoms with Crippen molar-refractivity contribution in [3.63, 3.8) is 0 Å². The molecule has 0 spiro atoms. The van der Waals surface area contributed by atoms with Crippen molar-refractivity contribution >= 4 is 0 Å². The maximum Gasteiger partial charge on any atom is 0.120 e. The van der Waals surface area contributed by atoms with Crippen molar-refractivity contribution in [3.05, 3.63) is 29.8 Å². The molecule has 15 heavy (non-hydrogen) atoms. The number of hydrogen-bond acceptors (Lipinski definition) is 3. The predicted molar refractivity (Wildman–Crippen MR) is 62.8 cm³/mol. The minimum absolute atomic E-state index is 0.220. The van der Waals surface area contributed by atoms with E-state index in [1.165, 1.54) is 0 Å². The smallest absolute Gasteiger partial charge is 0.120 e. The minimum Gasteiger partial charge on any atom is -0.508 e. The number of nitrogens with zero attached hydrogens (tertiary/aromatic N) is 1. The van der Waals surface area contributed by atoms with Gasteiger partial charge < -0.3 is 10.8 Å². The van der Waals surface area contributed by atoms with Crippen molar-refractivity contribution in [1.29, 1.82) is 0 Å². The van der Waals surface area contributed by atoms with Crippen LogP contribution in [0.1, 0.15) is 24.9 Å². The van der Waals surface area contributed by atoms with Gasteiger partial charge in [-0.25, -0.2) is 0 Å². The highest BCUT2D eigenvalue weighted by Crippen LogP contribution is 2.26. The maximum absolute atomic E-state index is 9.70. The fraction of sp³-hybridized carbons (Fsp3) is 0.500. The van der Waals surface area contributed by atoms with E-state index in [2.05, 4.69) is 11.8 Å². The molecule has 0 radical (unpaired) electrons. The van der Waals surface area contributed by atoms with Gasteiger partial charge in [0.2, 0.25) is 0 Å². The average molecular weight is 208 g/mol. The van der Waals surface area contributed by atoms with Crippen molar-refractivity contribution in [2.75, 3.05) is 20.1 Å². The first kappa shape index (κ1) is 12.0. The summed E-state index contributed by atoms with van der Waals surface area (Å²) in [7, 11) is 2.05. The van der Waals surface area contributed by atoms with Crippen molar-refractivity contribution in [1.82, 2.24) is 4.90 Å². The fourth-order valence-corrected chi connectivity index (χ4v) is 1.61. The first-order chi connectivity index (χ1) is 7.16. The van der Waals surface area contributed by atoms with Crippen molar-refractivity contribution < 1.29 is 5.11 Å². The Kier molecular flexibility index (Phi) is 4.59. The summed E-state index contributed by atoms with van der Waals surface area (Å²) < 4.78 is 0. The van der Waals surface area contributed by atoms with Gasteiger partial charge in [0.25, 0.3) is 0 Å². The van der Waals surface area contributed by atoms with Crippen LogP contribution in [-0.4, -0.2) is 30.1 Å². The predicted octanol–water partition coefficient (Wildman–Crippen LogP) is 1.73. The molecule has 1 rings (SSSR count). The molecule has 0 bridgehead atoms. The molecule has 0 aliphatic rings. The molecule has 3 nitrogen and oxygen atoms in total. The minimum atomic E-state index is 0.220. The van der Waals surface area contributed by atoms with E-state index in [4.69, 9.17) is 5.73 Å². The third-order valence-electron chi connectivity index (χ3n) is 2.76. The van der Waals surface area contributed by atoms with Gasteiger partial charge in [0.05, 0.1) is 0 Å². The van der Waals surface area contributed by atoms with Crippen LogP contribution in [0, 0.1) is 0 Å². The number of benzene rings is 1. The molecule has 0 saturated heterocycles. The fourth-order valence-electron chi connectivity index (χ4n) is 1.61. The molecule has 0 heterocycles. The third kappa shape index (κ3) is 3.22. The van der Waals surface area contributed by atoms with E-state index in [9.17, 15) is 5.11 Å². The molecule has 3 heteroatoms. The Hall–Kier alpha value is -1.06. The number of nitrogens with two attached hydrogens (primary N) is 1. The van der Waals surface area contributed by atoms with Crippen LogP contribution in [0.15, 0.2) is 24.3 Å². The van der Waals surface area contributed by atoms with Gasteiger partial charge in [-0.05, 0) is 39.5 Å². The summed E-state index contributed by atoms with van der Waals surface area (Å²) in [6.07, 6.45) is 0.981. The maximum atomic E-state index is 9.70. The molecular formula is C12H20N2O. The van der Waals surface area contributed by atoms with Crippen LogP contribution in [-0.2, 0) is 0 Å². The number of hydrogen-bond donors (Lipinski definition) is 2. The Bertz CT molecular complexity index is 301. The van der Waals surface area contributed by atoms with Crippen LogP contribution in [0.3, 0.4) is 0 Å². The highest BCUT2D eigenvalue weighted by Gasteiger charge is 2.13. The van der Waals surface area contributed by atoms with Crippen molar-refractivity contribution in [3.8, 4) is 5.75 Å². The van der Waals surface area contributed by atoms with E-state index in [0.29, 0.717) is 12.3 Å². The van der Waals surface area contributed by atoms with E-state index in [-0.39, 0.29) is 6.04 Å². The average Bonchev–Trinajstić information content (AvgIpc) is 2.25. The van der Waals surface area contributed by atoms with Crippen LogP contribution >= 0.6 is 0 Å². The summed E-state index contributed by atoms with van der Waals surface area (Å²) in [6, 6.07) is 7.69. The summed E-state index contributed by atoms with van der Waals surface area (Å²) in [5, 5.41) is 9.70. The Morgan fingerprint density at radius 1 is 1.40 bits per heavy atom. The molecule has 0 amide bonds. The van der Waals surface area contributed by atoms with Gasteiger partial charge in [-0.15, -0.1) is 0 Å². The van der Waals surface area contributed by atoms with Gasteiger partial charge in [-0.3, -0.25) is 4.90 Å². The zero-order valence-electron chi connectivity index (χ0n) is 9.48.